The fourth-order valence-corrected chi connectivity index (χ4v) is 8.45. The van der Waals surface area contributed by atoms with Gasteiger partial charge < -0.3 is 50.5 Å². The molecule has 0 radical (unpaired) electrons. The fraction of sp³-hybridized carbons (Fsp3) is 0.870. The Morgan fingerprint density at radius 3 is 1.40 bits per heavy atom. The maximum atomic E-state index is 13.1. The smallest absolute Gasteiger partial charge is 0.249 e. The van der Waals surface area contributed by atoms with Crippen LogP contribution in [0.1, 0.15) is 232 Å². The molecule has 0 aromatic rings. The van der Waals surface area contributed by atoms with E-state index in [1.54, 1.807) is 0 Å². The van der Waals surface area contributed by atoms with Crippen molar-refractivity contribution in [3.05, 3.63) is 36.5 Å². The van der Waals surface area contributed by atoms with Crippen molar-refractivity contribution in [2.75, 3.05) is 13.2 Å². The number of aliphatic hydroxyl groups is 7. The van der Waals surface area contributed by atoms with E-state index in [9.17, 15) is 40.5 Å². The highest BCUT2D eigenvalue weighted by Gasteiger charge is 2.44. The minimum absolute atomic E-state index is 0.235. The number of hydrogen-bond donors (Lipinski definition) is 8. The van der Waals surface area contributed by atoms with Crippen molar-refractivity contribution in [2.24, 2.45) is 0 Å². The van der Waals surface area contributed by atoms with Crippen LogP contribution < -0.4 is 5.32 Å². The summed E-state index contributed by atoms with van der Waals surface area (Å²) >= 11 is 0. The lowest BCUT2D eigenvalue weighted by molar-refractivity contribution is -0.303. The molecule has 1 aliphatic heterocycles. The van der Waals surface area contributed by atoms with E-state index in [1.807, 2.05) is 0 Å². The molecule has 1 amide bonds. The molecular weight excluding hydrogens is 823 g/mol. The molecule has 9 unspecified atom stereocenters. The molecular formula is C54H101NO10. The van der Waals surface area contributed by atoms with Gasteiger partial charge in [-0.1, -0.05) is 192 Å². The Bertz CT molecular complexity index is 1150. The van der Waals surface area contributed by atoms with Crippen LogP contribution in [0.2, 0.25) is 0 Å². The van der Waals surface area contributed by atoms with Crippen LogP contribution in [0.25, 0.3) is 0 Å². The molecule has 11 nitrogen and oxygen atoms in total. The van der Waals surface area contributed by atoms with Gasteiger partial charge in [0.15, 0.2) is 6.29 Å². The maximum absolute atomic E-state index is 13.1. The van der Waals surface area contributed by atoms with E-state index < -0.39 is 74.2 Å². The summed E-state index contributed by atoms with van der Waals surface area (Å²) in [4.78, 5) is 13.1. The van der Waals surface area contributed by atoms with Gasteiger partial charge in [-0.3, -0.25) is 4.79 Å². The Labute approximate surface area is 397 Å². The summed E-state index contributed by atoms with van der Waals surface area (Å²) < 4.78 is 11.1. The largest absolute Gasteiger partial charge is 0.394 e. The average Bonchev–Trinajstić information content (AvgIpc) is 3.31. The Kier molecular flexibility index (Phi) is 41.1. The zero-order valence-electron chi connectivity index (χ0n) is 41.5. The first-order valence-corrected chi connectivity index (χ1v) is 26.9. The SMILES string of the molecule is CCCCC/C=C\CCCCCCC(O)C(=O)NC(COC1OC(CO)C(O)C(O)C1O)C(O)C(O)CCC/C=C/CC/C=C/CCCCCCCCCCCCCCCCCCCC. The third-order valence-electron chi connectivity index (χ3n) is 12.9. The quantitative estimate of drug-likeness (QED) is 0.0216. The number of ether oxygens (including phenoxy) is 2. The molecule has 0 aromatic carbocycles. The third kappa shape index (κ3) is 32.7. The van der Waals surface area contributed by atoms with E-state index >= 15 is 0 Å². The van der Waals surface area contributed by atoms with Crippen molar-refractivity contribution < 1.29 is 50.0 Å². The summed E-state index contributed by atoms with van der Waals surface area (Å²) in [7, 11) is 0. The zero-order chi connectivity index (χ0) is 47.6. The fourth-order valence-electron chi connectivity index (χ4n) is 8.45. The predicted molar refractivity (Wildman–Crippen MR) is 265 cm³/mol. The summed E-state index contributed by atoms with van der Waals surface area (Å²) in [6, 6.07) is -1.19. The van der Waals surface area contributed by atoms with Crippen molar-refractivity contribution in [1.29, 1.82) is 0 Å². The Morgan fingerprint density at radius 2 is 0.923 bits per heavy atom. The highest BCUT2D eigenvalue weighted by atomic mass is 16.7. The predicted octanol–water partition coefficient (Wildman–Crippen LogP) is 10.3. The van der Waals surface area contributed by atoms with Crippen molar-refractivity contribution in [2.45, 2.75) is 287 Å². The molecule has 0 bridgehead atoms. The molecule has 8 N–H and O–H groups in total. The molecule has 0 aliphatic carbocycles. The van der Waals surface area contributed by atoms with E-state index in [0.29, 0.717) is 19.3 Å². The van der Waals surface area contributed by atoms with Gasteiger partial charge in [-0.05, 0) is 77.0 Å². The van der Waals surface area contributed by atoms with Crippen LogP contribution in [0.5, 0.6) is 0 Å². The molecule has 0 spiro atoms. The lowest BCUT2D eigenvalue weighted by Gasteiger charge is -2.40. The Balaban J connectivity index is 2.32. The second kappa shape index (κ2) is 43.6. The van der Waals surface area contributed by atoms with Crippen LogP contribution >= 0.6 is 0 Å². The molecule has 1 saturated heterocycles. The van der Waals surface area contributed by atoms with Crippen molar-refractivity contribution in [3.8, 4) is 0 Å². The van der Waals surface area contributed by atoms with E-state index in [-0.39, 0.29) is 12.8 Å². The number of rotatable bonds is 45. The van der Waals surface area contributed by atoms with Crippen LogP contribution in [-0.4, -0.2) is 110 Å². The summed E-state index contributed by atoms with van der Waals surface area (Å²) in [6.45, 7) is 3.39. The number of nitrogens with one attached hydrogen (secondary N) is 1. The standard InChI is InChI=1S/C54H101NO10/c1-3-5-7-9-11-13-15-16-17-18-19-20-21-22-23-24-25-26-27-28-29-30-32-33-35-37-39-41-46(57)49(59)45(44-64-54-52(62)51(61)50(60)48(43-56)65-54)55-53(63)47(58)42-40-38-36-34-31-14-12-10-8-6-4-2/h12,14,28-29,33,35,45-52,54,56-62H,3-11,13,15-27,30-32,34,36-44H2,1-2H3,(H,55,63)/b14-12-,29-28+,35-33+. The first-order chi connectivity index (χ1) is 31.7. The van der Waals surface area contributed by atoms with Crippen LogP contribution in [-0.2, 0) is 14.3 Å². The number of unbranched alkanes of at least 4 members (excludes halogenated alkanes) is 27. The summed E-state index contributed by atoms with van der Waals surface area (Å²) in [5.41, 5.74) is 0. The van der Waals surface area contributed by atoms with Crippen LogP contribution in [0.15, 0.2) is 36.5 Å². The molecule has 11 heteroatoms. The van der Waals surface area contributed by atoms with E-state index in [4.69, 9.17) is 9.47 Å². The normalized spacial score (nSPS) is 21.2. The first-order valence-electron chi connectivity index (χ1n) is 26.9. The average molecular weight is 924 g/mol. The zero-order valence-corrected chi connectivity index (χ0v) is 41.5. The number of carbonyl (C=O) groups is 1. The minimum Gasteiger partial charge on any atom is -0.394 e. The number of carbonyl (C=O) groups excluding carboxylic acids is 1. The number of allylic oxidation sites excluding steroid dienone is 6. The molecule has 382 valence electrons. The number of hydrogen-bond acceptors (Lipinski definition) is 10. The molecule has 9 atom stereocenters. The summed E-state index contributed by atoms with van der Waals surface area (Å²) in [6.07, 6.45) is 40.8. The molecule has 65 heavy (non-hydrogen) atoms. The molecule has 0 saturated carbocycles. The van der Waals surface area contributed by atoms with Gasteiger partial charge in [-0.15, -0.1) is 0 Å². The highest BCUT2D eigenvalue weighted by molar-refractivity contribution is 5.80. The van der Waals surface area contributed by atoms with Gasteiger partial charge in [0, 0.05) is 0 Å². The van der Waals surface area contributed by atoms with Gasteiger partial charge in [0.05, 0.1) is 25.4 Å². The maximum Gasteiger partial charge on any atom is 0.249 e. The molecule has 1 heterocycles. The third-order valence-corrected chi connectivity index (χ3v) is 12.9. The molecule has 0 aromatic heterocycles. The van der Waals surface area contributed by atoms with Gasteiger partial charge in [0.2, 0.25) is 5.91 Å². The van der Waals surface area contributed by atoms with Gasteiger partial charge in [-0.25, -0.2) is 0 Å². The van der Waals surface area contributed by atoms with Crippen molar-refractivity contribution in [1.82, 2.24) is 5.32 Å². The molecule has 1 rings (SSSR count). The Hall–Kier alpha value is -1.67. The van der Waals surface area contributed by atoms with Gasteiger partial charge >= 0.3 is 0 Å². The van der Waals surface area contributed by atoms with Crippen molar-refractivity contribution >= 4 is 5.91 Å². The summed E-state index contributed by atoms with van der Waals surface area (Å²) in [5.74, 6) is -0.721. The van der Waals surface area contributed by atoms with Crippen LogP contribution in [0, 0.1) is 0 Å². The number of amides is 1. The second-order valence-corrected chi connectivity index (χ2v) is 18.9. The van der Waals surface area contributed by atoms with E-state index in [2.05, 4.69) is 55.6 Å². The molecule has 1 fully saturated rings. The lowest BCUT2D eigenvalue weighted by atomic mass is 9.98. The van der Waals surface area contributed by atoms with Crippen molar-refractivity contribution in [3.63, 3.8) is 0 Å². The minimum atomic E-state index is -1.67. The summed E-state index contributed by atoms with van der Waals surface area (Å²) in [5, 5.41) is 75.7. The Morgan fingerprint density at radius 1 is 0.523 bits per heavy atom. The number of aliphatic hydroxyl groups excluding tert-OH is 7. The monoisotopic (exact) mass is 924 g/mol. The van der Waals surface area contributed by atoms with Crippen LogP contribution in [0.4, 0.5) is 0 Å². The second-order valence-electron chi connectivity index (χ2n) is 18.9. The van der Waals surface area contributed by atoms with E-state index in [0.717, 1.165) is 51.4 Å². The van der Waals surface area contributed by atoms with Gasteiger partial charge in [0.1, 0.15) is 36.6 Å². The topological polar surface area (TPSA) is 189 Å². The van der Waals surface area contributed by atoms with Gasteiger partial charge in [0.25, 0.3) is 0 Å². The van der Waals surface area contributed by atoms with E-state index in [1.165, 1.54) is 135 Å². The first kappa shape index (κ1) is 61.3. The van der Waals surface area contributed by atoms with Crippen LogP contribution in [0.3, 0.4) is 0 Å². The highest BCUT2D eigenvalue weighted by Crippen LogP contribution is 2.23. The van der Waals surface area contributed by atoms with Gasteiger partial charge in [-0.2, -0.15) is 0 Å². The molecule has 1 aliphatic rings. The lowest BCUT2D eigenvalue weighted by Crippen LogP contribution is -2.60.